The number of nitrogens with zero attached hydrogens (tertiary/aromatic N) is 3. The number of hydrogen-bond donors (Lipinski definition) is 1. The first-order valence-corrected chi connectivity index (χ1v) is 12.8. The molecule has 0 spiro atoms. The lowest BCUT2D eigenvalue weighted by Gasteiger charge is -2.57. The maximum atomic E-state index is 12.9. The van der Waals surface area contributed by atoms with Crippen LogP contribution in [0.25, 0.3) is 0 Å². The minimum absolute atomic E-state index is 0.0637. The Hall–Kier alpha value is -2.11. The number of nitriles is 1. The zero-order chi connectivity index (χ0) is 21.6. The fourth-order valence-electron chi connectivity index (χ4n) is 6.86. The molecule has 1 aliphatic heterocycles. The Kier molecular flexibility index (Phi) is 5.22. The van der Waals surface area contributed by atoms with Crippen LogP contribution in [0.15, 0.2) is 29.2 Å². The Morgan fingerprint density at radius 3 is 2.06 bits per heavy atom. The van der Waals surface area contributed by atoms with Gasteiger partial charge in [0.2, 0.25) is 10.0 Å². The molecule has 5 aliphatic rings. The second kappa shape index (κ2) is 7.79. The molecule has 4 bridgehead atoms. The number of sulfonamides is 1. The predicted octanol–water partition coefficient (Wildman–Crippen LogP) is 2.79. The van der Waals surface area contributed by atoms with Gasteiger partial charge in [0.1, 0.15) is 0 Å². The molecule has 7 nitrogen and oxygen atoms in total. The molecule has 31 heavy (non-hydrogen) atoms. The van der Waals surface area contributed by atoms with Gasteiger partial charge in [-0.15, -0.1) is 0 Å². The van der Waals surface area contributed by atoms with Gasteiger partial charge in [0, 0.05) is 32.7 Å². The van der Waals surface area contributed by atoms with Crippen molar-refractivity contribution < 1.29 is 13.2 Å². The van der Waals surface area contributed by atoms with Gasteiger partial charge in [0.05, 0.1) is 16.5 Å². The fourth-order valence-corrected chi connectivity index (χ4v) is 8.29. The second-order valence-corrected chi connectivity index (χ2v) is 12.0. The number of hydrogen-bond acceptors (Lipinski definition) is 4. The van der Waals surface area contributed by atoms with E-state index in [1.165, 1.54) is 67.1 Å². The summed E-state index contributed by atoms with van der Waals surface area (Å²) in [5.41, 5.74) is 0.727. The quantitative estimate of drug-likeness (QED) is 0.776. The number of benzene rings is 1. The Morgan fingerprint density at radius 2 is 1.55 bits per heavy atom. The SMILES string of the molecule is N#Cc1ccc(S(=O)(=O)N2CCN(C(=O)NCC34CC5CC(CC(C5)C3)C4)CC2)cc1. The monoisotopic (exact) mass is 442 g/mol. The molecular weight excluding hydrogens is 412 g/mol. The summed E-state index contributed by atoms with van der Waals surface area (Å²) in [5.74, 6) is 2.58. The first kappa shape index (κ1) is 20.8. The smallest absolute Gasteiger partial charge is 0.317 e. The molecule has 1 aromatic carbocycles. The summed E-state index contributed by atoms with van der Waals surface area (Å²) in [6.45, 7) is 2.11. The van der Waals surface area contributed by atoms with E-state index in [-0.39, 0.29) is 24.0 Å². The Labute approximate surface area is 184 Å². The van der Waals surface area contributed by atoms with Crippen LogP contribution in [0.1, 0.15) is 44.1 Å². The van der Waals surface area contributed by atoms with Gasteiger partial charge in [0.25, 0.3) is 0 Å². The number of amides is 2. The highest BCUT2D eigenvalue weighted by molar-refractivity contribution is 7.89. The average Bonchev–Trinajstić information content (AvgIpc) is 2.77. The standard InChI is InChI=1S/C23H30N4O3S/c24-15-17-1-3-21(4-2-17)31(29,30)27-7-5-26(6-8-27)22(28)25-16-23-12-18-9-19(13-23)11-20(10-18)14-23/h1-4,18-20H,5-14,16H2,(H,25,28). The molecule has 1 heterocycles. The van der Waals surface area contributed by atoms with E-state index in [0.717, 1.165) is 24.3 Å². The van der Waals surface area contributed by atoms with E-state index in [9.17, 15) is 13.2 Å². The summed E-state index contributed by atoms with van der Waals surface area (Å²) in [6.07, 6.45) is 7.95. The molecular formula is C23H30N4O3S. The maximum Gasteiger partial charge on any atom is 0.317 e. The van der Waals surface area contributed by atoms with Gasteiger partial charge >= 0.3 is 6.03 Å². The number of carbonyl (C=O) groups excluding carboxylic acids is 1. The van der Waals surface area contributed by atoms with Gasteiger partial charge in [0.15, 0.2) is 0 Å². The molecule has 0 atom stereocenters. The summed E-state index contributed by atoms with van der Waals surface area (Å²) in [4.78, 5) is 14.7. The van der Waals surface area contributed by atoms with Crippen molar-refractivity contribution in [1.82, 2.24) is 14.5 Å². The molecule has 6 rings (SSSR count). The molecule has 0 aromatic heterocycles. The predicted molar refractivity (Wildman–Crippen MR) is 115 cm³/mol. The van der Waals surface area contributed by atoms with Crippen molar-refractivity contribution in [3.8, 4) is 6.07 Å². The van der Waals surface area contributed by atoms with E-state index in [4.69, 9.17) is 5.26 Å². The first-order chi connectivity index (χ1) is 14.9. The lowest BCUT2D eigenvalue weighted by atomic mass is 9.49. The van der Waals surface area contributed by atoms with Gasteiger partial charge in [-0.2, -0.15) is 9.57 Å². The van der Waals surface area contributed by atoms with Gasteiger partial charge in [-0.3, -0.25) is 0 Å². The first-order valence-electron chi connectivity index (χ1n) is 11.4. The van der Waals surface area contributed by atoms with Crippen LogP contribution in [0.2, 0.25) is 0 Å². The summed E-state index contributed by atoms with van der Waals surface area (Å²) in [6, 6.07) is 7.90. The third-order valence-electron chi connectivity index (χ3n) is 7.93. The molecule has 0 unspecified atom stereocenters. The van der Waals surface area contributed by atoms with E-state index < -0.39 is 10.0 Å². The number of urea groups is 1. The molecule has 4 saturated carbocycles. The highest BCUT2D eigenvalue weighted by atomic mass is 32.2. The summed E-state index contributed by atoms with van der Waals surface area (Å²) in [5, 5.41) is 12.1. The molecule has 2 amide bonds. The summed E-state index contributed by atoms with van der Waals surface area (Å²) in [7, 11) is -3.61. The van der Waals surface area contributed by atoms with Gasteiger partial charge in [-0.1, -0.05) is 0 Å². The molecule has 8 heteroatoms. The van der Waals surface area contributed by atoms with Crippen molar-refractivity contribution in [3.63, 3.8) is 0 Å². The van der Waals surface area contributed by atoms with E-state index in [1.807, 2.05) is 6.07 Å². The Balaban J connectivity index is 1.15. The third-order valence-corrected chi connectivity index (χ3v) is 9.84. The fraction of sp³-hybridized carbons (Fsp3) is 0.652. The number of carbonyl (C=O) groups is 1. The summed E-state index contributed by atoms with van der Waals surface area (Å²) >= 11 is 0. The van der Waals surface area contributed by atoms with E-state index in [2.05, 4.69) is 5.32 Å². The van der Waals surface area contributed by atoms with Crippen molar-refractivity contribution in [3.05, 3.63) is 29.8 Å². The van der Waals surface area contributed by atoms with Crippen molar-refractivity contribution in [1.29, 1.82) is 5.26 Å². The lowest BCUT2D eigenvalue weighted by Crippen LogP contribution is -2.56. The topological polar surface area (TPSA) is 93.5 Å². The molecule has 166 valence electrons. The van der Waals surface area contributed by atoms with Crippen molar-refractivity contribution in [2.75, 3.05) is 32.7 Å². The molecule has 5 fully saturated rings. The second-order valence-electron chi connectivity index (χ2n) is 10.1. The largest absolute Gasteiger partial charge is 0.337 e. The van der Waals surface area contributed by atoms with Crippen LogP contribution in [-0.4, -0.2) is 56.4 Å². The number of piperazine rings is 1. The van der Waals surface area contributed by atoms with Gasteiger partial charge in [-0.25, -0.2) is 13.2 Å². The molecule has 1 saturated heterocycles. The van der Waals surface area contributed by atoms with E-state index >= 15 is 0 Å². The van der Waals surface area contributed by atoms with Crippen LogP contribution in [0.3, 0.4) is 0 Å². The minimum Gasteiger partial charge on any atom is -0.337 e. The Morgan fingerprint density at radius 1 is 1.00 bits per heavy atom. The molecule has 0 radical (unpaired) electrons. The molecule has 1 aromatic rings. The van der Waals surface area contributed by atoms with E-state index in [1.54, 1.807) is 4.90 Å². The molecule has 1 N–H and O–H groups in total. The van der Waals surface area contributed by atoms with E-state index in [0.29, 0.717) is 24.1 Å². The zero-order valence-corrected chi connectivity index (χ0v) is 18.6. The zero-order valence-electron chi connectivity index (χ0n) is 17.8. The van der Waals surface area contributed by atoms with Gasteiger partial charge in [-0.05, 0) is 86.0 Å². The Bertz CT molecular complexity index is 955. The lowest BCUT2D eigenvalue weighted by molar-refractivity contribution is -0.0503. The van der Waals surface area contributed by atoms with Crippen molar-refractivity contribution >= 4 is 16.1 Å². The third kappa shape index (κ3) is 3.94. The van der Waals surface area contributed by atoms with Crippen LogP contribution in [0.5, 0.6) is 0 Å². The minimum atomic E-state index is -3.61. The average molecular weight is 443 g/mol. The van der Waals surface area contributed by atoms with Crippen LogP contribution < -0.4 is 5.32 Å². The molecule has 4 aliphatic carbocycles. The highest BCUT2D eigenvalue weighted by Gasteiger charge is 2.50. The van der Waals surface area contributed by atoms with Crippen molar-refractivity contribution in [2.24, 2.45) is 23.2 Å². The van der Waals surface area contributed by atoms with Crippen LogP contribution in [0.4, 0.5) is 4.79 Å². The summed E-state index contributed by atoms with van der Waals surface area (Å²) < 4.78 is 27.2. The number of nitrogens with one attached hydrogen (secondary N) is 1. The number of rotatable bonds is 4. The normalized spacial score (nSPS) is 32.6. The van der Waals surface area contributed by atoms with Crippen LogP contribution in [0, 0.1) is 34.5 Å². The van der Waals surface area contributed by atoms with Gasteiger partial charge < -0.3 is 10.2 Å². The maximum absolute atomic E-state index is 12.9. The highest BCUT2D eigenvalue weighted by Crippen LogP contribution is 2.59. The van der Waals surface area contributed by atoms with Crippen molar-refractivity contribution in [2.45, 2.75) is 43.4 Å². The van der Waals surface area contributed by atoms with Crippen LogP contribution >= 0.6 is 0 Å². The van der Waals surface area contributed by atoms with Crippen LogP contribution in [-0.2, 0) is 10.0 Å².